The third kappa shape index (κ3) is 4.33. The topological polar surface area (TPSA) is 113 Å². The van der Waals surface area contributed by atoms with E-state index in [0.717, 1.165) is 5.56 Å². The predicted molar refractivity (Wildman–Crippen MR) is 118 cm³/mol. The Morgan fingerprint density at radius 2 is 1.38 bits per heavy atom. The van der Waals surface area contributed by atoms with Gasteiger partial charge in [-0.25, -0.2) is 0 Å². The van der Waals surface area contributed by atoms with Crippen molar-refractivity contribution in [2.24, 2.45) is 0 Å². The van der Waals surface area contributed by atoms with Crippen molar-refractivity contribution in [1.29, 1.82) is 0 Å². The second-order valence-electron chi connectivity index (χ2n) is 7.47. The Labute approximate surface area is 184 Å². The number of ketones is 2. The minimum absolute atomic E-state index is 0.207. The van der Waals surface area contributed by atoms with E-state index in [4.69, 9.17) is 0 Å². The van der Waals surface area contributed by atoms with Crippen LogP contribution < -0.4 is 10.6 Å². The molecule has 0 fully saturated rings. The summed E-state index contributed by atoms with van der Waals surface area (Å²) < 4.78 is 0. The normalized spacial score (nSPS) is 13.1. The largest absolute Gasteiger partial charge is 0.481 e. The highest BCUT2D eigenvalue weighted by molar-refractivity contribution is 6.28. The van der Waals surface area contributed by atoms with Gasteiger partial charge >= 0.3 is 5.97 Å². The molecule has 0 heterocycles. The summed E-state index contributed by atoms with van der Waals surface area (Å²) in [4.78, 5) is 49.7. The summed E-state index contributed by atoms with van der Waals surface area (Å²) in [5.41, 5.74) is 2.38. The van der Waals surface area contributed by atoms with Gasteiger partial charge in [-0.2, -0.15) is 0 Å². The highest BCUT2D eigenvalue weighted by Gasteiger charge is 2.30. The molecular weight excluding hydrogens is 408 g/mol. The molecule has 0 aromatic heterocycles. The van der Waals surface area contributed by atoms with Crippen LogP contribution in [0, 0.1) is 0 Å². The van der Waals surface area contributed by atoms with E-state index in [1.165, 1.54) is 18.2 Å². The number of carbonyl (C=O) groups excluding carboxylic acids is 3. The van der Waals surface area contributed by atoms with E-state index in [2.05, 4.69) is 10.6 Å². The average Bonchev–Trinajstić information content (AvgIpc) is 2.80. The Kier molecular flexibility index (Phi) is 5.91. The van der Waals surface area contributed by atoms with Gasteiger partial charge < -0.3 is 15.7 Å². The number of aliphatic carboxylic acids is 1. The minimum atomic E-state index is -1.12. The maximum atomic E-state index is 12.9. The number of carbonyl (C=O) groups is 4. The lowest BCUT2D eigenvalue weighted by Crippen LogP contribution is -2.41. The number of carboxylic acid groups (broad SMARTS) is 1. The molecule has 160 valence electrons. The third-order valence-electron chi connectivity index (χ3n) is 5.28. The van der Waals surface area contributed by atoms with Gasteiger partial charge in [0.25, 0.3) is 0 Å². The summed E-state index contributed by atoms with van der Waals surface area (Å²) in [7, 11) is 0. The number of hydrogen-bond acceptors (Lipinski definition) is 5. The van der Waals surface area contributed by atoms with Crippen LogP contribution in [0.15, 0.2) is 72.8 Å². The van der Waals surface area contributed by atoms with Crippen molar-refractivity contribution in [3.8, 4) is 0 Å². The van der Waals surface area contributed by atoms with Crippen LogP contribution in [0.5, 0.6) is 0 Å². The van der Waals surface area contributed by atoms with Gasteiger partial charge in [0.1, 0.15) is 0 Å². The third-order valence-corrected chi connectivity index (χ3v) is 5.28. The molecule has 3 N–H and O–H groups in total. The molecule has 1 amide bonds. The van der Waals surface area contributed by atoms with E-state index in [1.807, 2.05) is 30.3 Å². The first-order valence-electron chi connectivity index (χ1n) is 10.1. The number of anilines is 1. The molecule has 0 unspecified atom stereocenters. The summed E-state index contributed by atoms with van der Waals surface area (Å²) in [5, 5.41) is 14.8. The number of hydrogen-bond donors (Lipinski definition) is 3. The fourth-order valence-corrected chi connectivity index (χ4v) is 3.68. The van der Waals surface area contributed by atoms with E-state index in [0.29, 0.717) is 23.4 Å². The van der Waals surface area contributed by atoms with Crippen LogP contribution >= 0.6 is 0 Å². The molecule has 0 spiro atoms. The summed E-state index contributed by atoms with van der Waals surface area (Å²) in [6, 6.07) is 19.4. The highest BCUT2D eigenvalue weighted by atomic mass is 16.4. The Balaban J connectivity index is 1.53. The molecule has 7 heteroatoms. The zero-order chi connectivity index (χ0) is 22.7. The molecule has 1 atom stereocenters. The van der Waals surface area contributed by atoms with Gasteiger partial charge in [-0.1, -0.05) is 54.6 Å². The second kappa shape index (κ2) is 8.95. The van der Waals surface area contributed by atoms with E-state index in [1.54, 1.807) is 24.3 Å². The van der Waals surface area contributed by atoms with Crippen LogP contribution in [0.1, 0.15) is 43.8 Å². The first-order chi connectivity index (χ1) is 15.4. The van der Waals surface area contributed by atoms with E-state index >= 15 is 0 Å². The molecule has 0 saturated carbocycles. The van der Waals surface area contributed by atoms with Crippen LogP contribution in [-0.2, 0) is 16.1 Å². The fourth-order valence-electron chi connectivity index (χ4n) is 3.68. The van der Waals surface area contributed by atoms with Crippen molar-refractivity contribution in [2.45, 2.75) is 19.0 Å². The van der Waals surface area contributed by atoms with Gasteiger partial charge in [0, 0.05) is 34.5 Å². The quantitative estimate of drug-likeness (QED) is 0.417. The summed E-state index contributed by atoms with van der Waals surface area (Å²) in [6.07, 6.45) is -0.408. The second-order valence-corrected chi connectivity index (χ2v) is 7.47. The molecule has 1 aliphatic rings. The molecule has 4 rings (SSSR count). The van der Waals surface area contributed by atoms with Crippen LogP contribution in [-0.4, -0.2) is 34.6 Å². The predicted octanol–water partition coefficient (Wildman–Crippen LogP) is 3.03. The van der Waals surface area contributed by atoms with Gasteiger partial charge in [0.05, 0.1) is 12.5 Å². The van der Waals surface area contributed by atoms with E-state index in [-0.39, 0.29) is 22.7 Å². The molecule has 7 nitrogen and oxygen atoms in total. The number of rotatable bonds is 7. The van der Waals surface area contributed by atoms with Crippen LogP contribution in [0.4, 0.5) is 5.69 Å². The molecule has 1 aliphatic carbocycles. The lowest BCUT2D eigenvalue weighted by molar-refractivity contribution is -0.139. The Morgan fingerprint density at radius 3 is 2.03 bits per heavy atom. The monoisotopic (exact) mass is 428 g/mol. The highest BCUT2D eigenvalue weighted by Crippen LogP contribution is 2.29. The first kappa shape index (κ1) is 21.1. The number of fused-ring (bicyclic) bond motifs is 2. The molecule has 32 heavy (non-hydrogen) atoms. The maximum absolute atomic E-state index is 12.9. The van der Waals surface area contributed by atoms with Crippen LogP contribution in [0.25, 0.3) is 0 Å². The Bertz CT molecular complexity index is 1220. The Morgan fingerprint density at radius 1 is 0.781 bits per heavy atom. The summed E-state index contributed by atoms with van der Waals surface area (Å²) >= 11 is 0. The summed E-state index contributed by atoms with van der Waals surface area (Å²) in [6.45, 7) is 0.320. The smallest absolute Gasteiger partial charge is 0.305 e. The van der Waals surface area contributed by atoms with Crippen molar-refractivity contribution in [3.63, 3.8) is 0 Å². The number of benzene rings is 3. The van der Waals surface area contributed by atoms with Crippen molar-refractivity contribution in [1.82, 2.24) is 5.32 Å². The SMILES string of the molecule is O=C(O)C[C@@H](NCc1ccccc1)C(=O)Nc1ccc2c(c1)C(=O)c1ccccc1C2=O. The van der Waals surface area contributed by atoms with Crippen molar-refractivity contribution >= 4 is 29.1 Å². The van der Waals surface area contributed by atoms with Gasteiger partial charge in [-0.05, 0) is 23.8 Å². The molecule has 0 radical (unpaired) electrons. The van der Waals surface area contributed by atoms with Crippen molar-refractivity contribution < 1.29 is 24.3 Å². The minimum Gasteiger partial charge on any atom is -0.481 e. The van der Waals surface area contributed by atoms with Crippen molar-refractivity contribution in [3.05, 3.63) is 101 Å². The zero-order valence-corrected chi connectivity index (χ0v) is 17.0. The molecule has 3 aromatic carbocycles. The molecule has 3 aromatic rings. The molecule has 0 bridgehead atoms. The van der Waals surface area contributed by atoms with E-state index in [9.17, 15) is 24.3 Å². The molecule has 0 saturated heterocycles. The van der Waals surface area contributed by atoms with Gasteiger partial charge in [-0.15, -0.1) is 0 Å². The number of amides is 1. The standard InChI is InChI=1S/C25H20N2O5/c28-22(29)13-21(26-14-15-6-2-1-3-7-15)25(32)27-16-10-11-19-20(12-16)24(31)18-9-5-4-8-17(18)23(19)30/h1-12,21,26H,13-14H2,(H,27,32)(H,28,29)/t21-/m1/s1. The average molecular weight is 428 g/mol. The van der Waals surface area contributed by atoms with Crippen molar-refractivity contribution in [2.75, 3.05) is 5.32 Å². The fraction of sp³-hybridized carbons (Fsp3) is 0.120. The van der Waals surface area contributed by atoms with E-state index < -0.39 is 24.3 Å². The van der Waals surface area contributed by atoms with Gasteiger partial charge in [-0.3, -0.25) is 19.2 Å². The Hall–Kier alpha value is -4.10. The first-order valence-corrected chi connectivity index (χ1v) is 10.1. The lowest BCUT2D eigenvalue weighted by Gasteiger charge is -2.20. The summed E-state index contributed by atoms with van der Waals surface area (Å²) in [5.74, 6) is -2.20. The lowest BCUT2D eigenvalue weighted by atomic mass is 9.84. The van der Waals surface area contributed by atoms with Crippen LogP contribution in [0.2, 0.25) is 0 Å². The number of carboxylic acids is 1. The maximum Gasteiger partial charge on any atom is 0.305 e. The van der Waals surface area contributed by atoms with Gasteiger partial charge in [0.15, 0.2) is 11.6 Å². The van der Waals surface area contributed by atoms with Crippen LogP contribution in [0.3, 0.4) is 0 Å². The molecular formula is C25H20N2O5. The molecule has 0 aliphatic heterocycles. The zero-order valence-electron chi connectivity index (χ0n) is 17.0. The number of nitrogens with one attached hydrogen (secondary N) is 2. The van der Waals surface area contributed by atoms with Gasteiger partial charge in [0.2, 0.25) is 5.91 Å².